The van der Waals surface area contributed by atoms with Gasteiger partial charge in [0.25, 0.3) is 0 Å². The van der Waals surface area contributed by atoms with Gasteiger partial charge in [-0.3, -0.25) is 4.99 Å². The average molecular weight is 372 g/mol. The Morgan fingerprint density at radius 2 is 2.00 bits per heavy atom. The van der Waals surface area contributed by atoms with Crippen LogP contribution < -0.4 is 10.1 Å². The summed E-state index contributed by atoms with van der Waals surface area (Å²) in [5.74, 6) is 0.543. The Morgan fingerprint density at radius 3 is 2.77 bits per heavy atom. The number of nitrogens with one attached hydrogen (secondary N) is 1. The molecule has 0 amide bonds. The summed E-state index contributed by atoms with van der Waals surface area (Å²) >= 11 is 0. The molecule has 1 aromatic heterocycles. The molecule has 8 heteroatoms. The predicted molar refractivity (Wildman–Crippen MR) is 99.6 cm³/mol. The zero-order valence-corrected chi connectivity index (χ0v) is 15.3. The first kappa shape index (κ1) is 17.1. The summed E-state index contributed by atoms with van der Waals surface area (Å²) in [7, 11) is -3.22. The molecule has 0 saturated carbocycles. The minimum Gasteiger partial charge on any atom is -0.474 e. The molecule has 4 rings (SSSR count). The van der Waals surface area contributed by atoms with Crippen LogP contribution >= 0.6 is 0 Å². The van der Waals surface area contributed by atoms with E-state index in [0.29, 0.717) is 28.6 Å². The van der Waals surface area contributed by atoms with Crippen molar-refractivity contribution in [2.75, 3.05) is 19.3 Å². The van der Waals surface area contributed by atoms with Crippen LogP contribution in [0.4, 0.5) is 0 Å². The van der Waals surface area contributed by atoms with Gasteiger partial charge in [0, 0.05) is 18.7 Å². The zero-order chi connectivity index (χ0) is 18.1. The van der Waals surface area contributed by atoms with E-state index in [1.165, 1.54) is 12.6 Å². The van der Waals surface area contributed by atoms with Crippen LogP contribution in [0.1, 0.15) is 25.0 Å². The largest absolute Gasteiger partial charge is 0.474 e. The maximum absolute atomic E-state index is 11.7. The Labute approximate surface area is 152 Å². The molecule has 0 unspecified atom stereocenters. The van der Waals surface area contributed by atoms with Crippen molar-refractivity contribution >= 4 is 21.2 Å². The molecular formula is C18H20N4O3S. The third-order valence-corrected chi connectivity index (χ3v) is 5.72. The smallest absolute Gasteiger partial charge is 0.217 e. The van der Waals surface area contributed by atoms with Gasteiger partial charge in [0.1, 0.15) is 12.4 Å². The molecule has 0 aromatic carbocycles. The van der Waals surface area contributed by atoms with Crippen LogP contribution in [0.5, 0.6) is 5.88 Å². The van der Waals surface area contributed by atoms with Gasteiger partial charge in [-0.05, 0) is 43.7 Å². The van der Waals surface area contributed by atoms with Crippen LogP contribution in [0, 0.1) is 0 Å². The second kappa shape index (κ2) is 6.77. The fourth-order valence-corrected chi connectivity index (χ4v) is 3.92. The molecule has 0 bridgehead atoms. The highest BCUT2D eigenvalue weighted by Crippen LogP contribution is 2.31. The van der Waals surface area contributed by atoms with Gasteiger partial charge in [0.15, 0.2) is 9.84 Å². The lowest BCUT2D eigenvalue weighted by Gasteiger charge is -2.23. The number of piperidine rings is 1. The first-order valence-corrected chi connectivity index (χ1v) is 10.5. The van der Waals surface area contributed by atoms with Gasteiger partial charge in [0.2, 0.25) is 5.88 Å². The van der Waals surface area contributed by atoms with Gasteiger partial charge >= 0.3 is 0 Å². The Kier molecular flexibility index (Phi) is 4.46. The van der Waals surface area contributed by atoms with Crippen molar-refractivity contribution in [1.29, 1.82) is 0 Å². The lowest BCUT2D eigenvalue weighted by Crippen LogP contribution is -2.34. The van der Waals surface area contributed by atoms with E-state index >= 15 is 0 Å². The SMILES string of the molecule is CS(=O)(=O)C1=CCC2=NC(c3cc(OC4CCNCC4)ncn3)=CC2=C1. The number of hydrogen-bond donors (Lipinski definition) is 1. The Hall–Kier alpha value is -2.32. The molecule has 1 fully saturated rings. The monoisotopic (exact) mass is 372 g/mol. The minimum atomic E-state index is -3.22. The van der Waals surface area contributed by atoms with E-state index in [0.717, 1.165) is 37.2 Å². The number of fused-ring (bicyclic) bond motifs is 1. The molecule has 1 aliphatic carbocycles. The molecule has 0 atom stereocenters. The van der Waals surface area contributed by atoms with Crippen LogP contribution in [0.3, 0.4) is 0 Å². The van der Waals surface area contributed by atoms with Crippen molar-refractivity contribution in [1.82, 2.24) is 15.3 Å². The quantitative estimate of drug-likeness (QED) is 0.864. The molecule has 1 saturated heterocycles. The normalized spacial score (nSPS) is 20.7. The summed E-state index contributed by atoms with van der Waals surface area (Å²) < 4.78 is 29.5. The number of aromatic nitrogens is 2. The maximum Gasteiger partial charge on any atom is 0.217 e. The number of nitrogens with zero attached hydrogens (tertiary/aromatic N) is 3. The van der Waals surface area contributed by atoms with Crippen molar-refractivity contribution < 1.29 is 13.2 Å². The van der Waals surface area contributed by atoms with Gasteiger partial charge in [-0.2, -0.15) is 0 Å². The van der Waals surface area contributed by atoms with E-state index in [1.54, 1.807) is 18.2 Å². The maximum atomic E-state index is 11.7. The first-order valence-electron chi connectivity index (χ1n) is 8.60. The highest BCUT2D eigenvalue weighted by Gasteiger charge is 2.23. The van der Waals surface area contributed by atoms with E-state index in [1.807, 2.05) is 6.08 Å². The van der Waals surface area contributed by atoms with Gasteiger partial charge in [-0.25, -0.2) is 18.4 Å². The standard InChI is InChI=1S/C18H20N4O3S/c1-26(23,24)14-2-3-15-12(8-14)9-17(22-15)16-10-18(21-11-20-16)25-13-4-6-19-7-5-13/h2,8-11,13,19H,3-7H2,1H3. The van der Waals surface area contributed by atoms with Crippen LogP contribution in [-0.2, 0) is 9.84 Å². The molecule has 7 nitrogen and oxygen atoms in total. The number of allylic oxidation sites excluding steroid dienone is 4. The van der Waals surface area contributed by atoms with Gasteiger partial charge < -0.3 is 10.1 Å². The average Bonchev–Trinajstić information content (AvgIpc) is 3.05. The molecule has 1 aromatic rings. The summed E-state index contributed by atoms with van der Waals surface area (Å²) in [4.78, 5) is 13.4. The summed E-state index contributed by atoms with van der Waals surface area (Å²) in [6, 6.07) is 1.79. The molecule has 0 spiro atoms. The van der Waals surface area contributed by atoms with E-state index in [-0.39, 0.29) is 6.10 Å². The molecule has 2 aliphatic heterocycles. The Bertz CT molecular complexity index is 954. The predicted octanol–water partition coefficient (Wildman–Crippen LogP) is 1.66. The molecule has 1 N–H and O–H groups in total. The van der Waals surface area contributed by atoms with Crippen molar-refractivity contribution in [3.8, 4) is 5.88 Å². The van der Waals surface area contributed by atoms with Crippen LogP contribution in [0.25, 0.3) is 5.70 Å². The number of ether oxygens (including phenoxy) is 1. The summed E-state index contributed by atoms with van der Waals surface area (Å²) in [6.07, 6.45) is 10.5. The van der Waals surface area contributed by atoms with Crippen LogP contribution in [-0.4, -0.2) is 49.5 Å². The molecular weight excluding hydrogens is 352 g/mol. The van der Waals surface area contributed by atoms with Crippen molar-refractivity contribution in [3.05, 3.63) is 46.8 Å². The lowest BCUT2D eigenvalue weighted by atomic mass is 10.0. The Morgan fingerprint density at radius 1 is 1.19 bits per heavy atom. The van der Waals surface area contributed by atoms with E-state index in [4.69, 9.17) is 4.74 Å². The highest BCUT2D eigenvalue weighted by atomic mass is 32.2. The van der Waals surface area contributed by atoms with E-state index in [9.17, 15) is 8.42 Å². The van der Waals surface area contributed by atoms with Crippen LogP contribution in [0.2, 0.25) is 0 Å². The molecule has 3 heterocycles. The third-order valence-electron chi connectivity index (χ3n) is 4.58. The number of aliphatic imine (C=N–C) groups is 1. The first-order chi connectivity index (χ1) is 12.5. The third kappa shape index (κ3) is 3.61. The second-order valence-corrected chi connectivity index (χ2v) is 8.59. The molecule has 26 heavy (non-hydrogen) atoms. The molecule has 136 valence electrons. The fourth-order valence-electron chi connectivity index (χ4n) is 3.19. The number of hydrogen-bond acceptors (Lipinski definition) is 7. The summed E-state index contributed by atoms with van der Waals surface area (Å²) in [5.41, 5.74) is 3.05. The summed E-state index contributed by atoms with van der Waals surface area (Å²) in [6.45, 7) is 1.90. The van der Waals surface area contributed by atoms with Gasteiger partial charge in [-0.1, -0.05) is 6.08 Å². The Balaban J connectivity index is 1.56. The fraction of sp³-hybridized carbons (Fsp3) is 0.389. The lowest BCUT2D eigenvalue weighted by molar-refractivity contribution is 0.155. The summed E-state index contributed by atoms with van der Waals surface area (Å²) in [5, 5.41) is 3.31. The van der Waals surface area contributed by atoms with Gasteiger partial charge in [0.05, 0.1) is 22.0 Å². The number of sulfone groups is 1. The molecule has 0 radical (unpaired) electrons. The highest BCUT2D eigenvalue weighted by molar-refractivity contribution is 7.94. The van der Waals surface area contributed by atoms with Crippen LogP contribution in [0.15, 0.2) is 46.1 Å². The number of rotatable bonds is 4. The van der Waals surface area contributed by atoms with E-state index in [2.05, 4.69) is 20.3 Å². The van der Waals surface area contributed by atoms with Gasteiger partial charge in [-0.15, -0.1) is 0 Å². The minimum absolute atomic E-state index is 0.162. The zero-order valence-electron chi connectivity index (χ0n) is 14.5. The van der Waals surface area contributed by atoms with Crippen molar-refractivity contribution in [3.63, 3.8) is 0 Å². The second-order valence-electron chi connectivity index (χ2n) is 6.58. The van der Waals surface area contributed by atoms with Crippen molar-refractivity contribution in [2.24, 2.45) is 4.99 Å². The molecule has 3 aliphatic rings. The van der Waals surface area contributed by atoms with Crippen molar-refractivity contribution in [2.45, 2.75) is 25.4 Å². The van der Waals surface area contributed by atoms with E-state index < -0.39 is 9.84 Å². The topological polar surface area (TPSA) is 93.5 Å².